The fourth-order valence-corrected chi connectivity index (χ4v) is 0.948. The van der Waals surface area contributed by atoms with Gasteiger partial charge in [0.25, 0.3) is 0 Å². The highest BCUT2D eigenvalue weighted by Gasteiger charge is 2.03. The van der Waals surface area contributed by atoms with E-state index in [1.165, 1.54) is 0 Å². The summed E-state index contributed by atoms with van der Waals surface area (Å²) in [6.45, 7) is 4.64. The first-order valence-corrected chi connectivity index (χ1v) is 4.51. The normalized spacial score (nSPS) is 11.5. The predicted molar refractivity (Wildman–Crippen MR) is 52.4 cm³/mol. The third kappa shape index (κ3) is 8.90. The van der Waals surface area contributed by atoms with Crippen LogP contribution < -0.4 is 5.32 Å². The molecular formula is C10H17NO2. The van der Waals surface area contributed by atoms with E-state index in [0.29, 0.717) is 6.42 Å². The minimum atomic E-state index is -0.734. The molecule has 0 aliphatic rings. The summed E-state index contributed by atoms with van der Waals surface area (Å²) in [6.07, 6.45) is 1.73. The largest absolute Gasteiger partial charge is 0.481 e. The third-order valence-electron chi connectivity index (χ3n) is 1.71. The molecule has 3 heteroatoms. The number of rotatable bonds is 6. The van der Waals surface area contributed by atoms with Gasteiger partial charge in [0.1, 0.15) is 0 Å². The molecule has 0 aromatic rings. The number of carboxylic acid groups (broad SMARTS) is 1. The van der Waals surface area contributed by atoms with Gasteiger partial charge in [-0.25, -0.2) is 0 Å². The number of carboxylic acids is 1. The van der Waals surface area contributed by atoms with E-state index in [0.717, 1.165) is 13.0 Å². The number of carbonyl (C=O) groups is 1. The summed E-state index contributed by atoms with van der Waals surface area (Å²) in [7, 11) is 0. The lowest BCUT2D eigenvalue weighted by Gasteiger charge is -2.10. The van der Waals surface area contributed by atoms with E-state index in [9.17, 15) is 4.79 Å². The Hall–Kier alpha value is -1.01. The molecule has 0 fully saturated rings. The van der Waals surface area contributed by atoms with Crippen molar-refractivity contribution in [2.75, 3.05) is 6.54 Å². The average Bonchev–Trinajstić information content (AvgIpc) is 2.09. The molecule has 0 aliphatic heterocycles. The second-order valence-corrected chi connectivity index (χ2v) is 2.96. The van der Waals surface area contributed by atoms with Crippen molar-refractivity contribution in [2.24, 2.45) is 0 Å². The van der Waals surface area contributed by atoms with Gasteiger partial charge in [-0.3, -0.25) is 4.79 Å². The molecular weight excluding hydrogens is 166 g/mol. The van der Waals surface area contributed by atoms with E-state index < -0.39 is 5.97 Å². The molecule has 0 heterocycles. The van der Waals surface area contributed by atoms with Crippen LogP contribution in [0.3, 0.4) is 0 Å². The Morgan fingerprint density at radius 2 is 2.31 bits per heavy atom. The van der Waals surface area contributed by atoms with Crippen molar-refractivity contribution >= 4 is 5.97 Å². The molecule has 0 aliphatic carbocycles. The number of hydrogen-bond acceptors (Lipinski definition) is 2. The number of aliphatic carboxylic acids is 1. The SMILES string of the molecule is CC#CCCNC(C)CCC(=O)O. The lowest BCUT2D eigenvalue weighted by atomic mass is 10.2. The summed E-state index contributed by atoms with van der Waals surface area (Å²) in [6, 6.07) is 0.259. The minimum Gasteiger partial charge on any atom is -0.481 e. The van der Waals surface area contributed by atoms with E-state index in [4.69, 9.17) is 5.11 Å². The Balaban J connectivity index is 3.33. The summed E-state index contributed by atoms with van der Waals surface area (Å²) in [5.74, 6) is 5.01. The molecule has 0 spiro atoms. The molecule has 0 aromatic heterocycles. The Kier molecular flexibility index (Phi) is 7.04. The van der Waals surface area contributed by atoms with Crippen LogP contribution in [0.4, 0.5) is 0 Å². The second kappa shape index (κ2) is 7.63. The number of nitrogens with one attached hydrogen (secondary N) is 1. The van der Waals surface area contributed by atoms with Crippen LogP contribution in [-0.2, 0) is 4.79 Å². The van der Waals surface area contributed by atoms with E-state index in [2.05, 4.69) is 17.2 Å². The summed E-state index contributed by atoms with van der Waals surface area (Å²) >= 11 is 0. The quantitative estimate of drug-likeness (QED) is 0.481. The van der Waals surface area contributed by atoms with Crippen molar-refractivity contribution in [1.29, 1.82) is 0 Å². The molecule has 0 bridgehead atoms. The van der Waals surface area contributed by atoms with Crippen LogP contribution >= 0.6 is 0 Å². The standard InChI is InChI=1S/C10H17NO2/c1-3-4-5-8-11-9(2)6-7-10(12)13/h9,11H,5-8H2,1-2H3,(H,12,13). The topological polar surface area (TPSA) is 49.3 Å². The van der Waals surface area contributed by atoms with E-state index in [1.807, 2.05) is 13.8 Å². The van der Waals surface area contributed by atoms with Gasteiger partial charge in [-0.15, -0.1) is 11.8 Å². The highest BCUT2D eigenvalue weighted by atomic mass is 16.4. The van der Waals surface area contributed by atoms with Crippen molar-refractivity contribution in [3.8, 4) is 11.8 Å². The second-order valence-electron chi connectivity index (χ2n) is 2.96. The molecule has 13 heavy (non-hydrogen) atoms. The summed E-state index contributed by atoms with van der Waals surface area (Å²) in [4.78, 5) is 10.2. The molecule has 0 aromatic carbocycles. The Morgan fingerprint density at radius 3 is 2.85 bits per heavy atom. The maximum absolute atomic E-state index is 10.2. The Morgan fingerprint density at radius 1 is 1.62 bits per heavy atom. The van der Waals surface area contributed by atoms with Gasteiger partial charge in [0, 0.05) is 25.4 Å². The van der Waals surface area contributed by atoms with Crippen LogP contribution in [-0.4, -0.2) is 23.7 Å². The van der Waals surface area contributed by atoms with Crippen molar-refractivity contribution < 1.29 is 9.90 Å². The Labute approximate surface area is 79.5 Å². The third-order valence-corrected chi connectivity index (χ3v) is 1.71. The zero-order chi connectivity index (χ0) is 10.1. The molecule has 74 valence electrons. The van der Waals surface area contributed by atoms with Gasteiger partial charge in [0.15, 0.2) is 0 Å². The van der Waals surface area contributed by atoms with Gasteiger partial charge < -0.3 is 10.4 Å². The van der Waals surface area contributed by atoms with Crippen LogP contribution in [0, 0.1) is 11.8 Å². The zero-order valence-electron chi connectivity index (χ0n) is 8.26. The predicted octanol–water partition coefficient (Wildman–Crippen LogP) is 1.24. The molecule has 0 amide bonds. The van der Waals surface area contributed by atoms with Crippen molar-refractivity contribution in [1.82, 2.24) is 5.32 Å². The summed E-state index contributed by atoms with van der Waals surface area (Å²) in [5, 5.41) is 11.6. The van der Waals surface area contributed by atoms with E-state index >= 15 is 0 Å². The molecule has 0 saturated carbocycles. The van der Waals surface area contributed by atoms with Crippen LogP contribution in [0.25, 0.3) is 0 Å². The Bertz CT molecular complexity index is 203. The highest BCUT2D eigenvalue weighted by molar-refractivity contribution is 5.66. The molecule has 2 N–H and O–H groups in total. The summed E-state index contributed by atoms with van der Waals surface area (Å²) < 4.78 is 0. The van der Waals surface area contributed by atoms with Gasteiger partial charge in [0.2, 0.25) is 0 Å². The maximum Gasteiger partial charge on any atom is 0.303 e. The monoisotopic (exact) mass is 183 g/mol. The van der Waals surface area contributed by atoms with Gasteiger partial charge in [0.05, 0.1) is 0 Å². The first-order valence-electron chi connectivity index (χ1n) is 4.51. The average molecular weight is 183 g/mol. The number of hydrogen-bond donors (Lipinski definition) is 2. The molecule has 0 radical (unpaired) electrons. The first-order chi connectivity index (χ1) is 6.16. The fraction of sp³-hybridized carbons (Fsp3) is 0.700. The van der Waals surface area contributed by atoms with Crippen LogP contribution in [0.15, 0.2) is 0 Å². The lowest BCUT2D eigenvalue weighted by molar-refractivity contribution is -0.137. The zero-order valence-corrected chi connectivity index (χ0v) is 8.26. The fourth-order valence-electron chi connectivity index (χ4n) is 0.948. The van der Waals surface area contributed by atoms with Gasteiger partial charge in [-0.05, 0) is 20.3 Å². The van der Waals surface area contributed by atoms with Gasteiger partial charge in [-0.2, -0.15) is 0 Å². The molecule has 3 nitrogen and oxygen atoms in total. The van der Waals surface area contributed by atoms with Crippen molar-refractivity contribution in [3.05, 3.63) is 0 Å². The summed E-state index contributed by atoms with van der Waals surface area (Å²) in [5.41, 5.74) is 0. The maximum atomic E-state index is 10.2. The van der Waals surface area contributed by atoms with E-state index in [-0.39, 0.29) is 12.5 Å². The van der Waals surface area contributed by atoms with Crippen molar-refractivity contribution in [3.63, 3.8) is 0 Å². The minimum absolute atomic E-state index is 0.230. The molecule has 0 saturated heterocycles. The smallest absolute Gasteiger partial charge is 0.303 e. The van der Waals surface area contributed by atoms with Gasteiger partial charge in [-0.1, -0.05) is 0 Å². The molecule has 1 atom stereocenters. The van der Waals surface area contributed by atoms with Gasteiger partial charge >= 0.3 is 5.97 Å². The van der Waals surface area contributed by atoms with Crippen LogP contribution in [0.5, 0.6) is 0 Å². The van der Waals surface area contributed by atoms with Crippen molar-refractivity contribution in [2.45, 2.75) is 39.2 Å². The molecule has 0 rings (SSSR count). The highest BCUT2D eigenvalue weighted by Crippen LogP contribution is 1.95. The van der Waals surface area contributed by atoms with E-state index in [1.54, 1.807) is 0 Å². The van der Waals surface area contributed by atoms with Crippen LogP contribution in [0.1, 0.15) is 33.1 Å². The lowest BCUT2D eigenvalue weighted by Crippen LogP contribution is -2.27. The first kappa shape index (κ1) is 12.0. The molecule has 1 unspecified atom stereocenters. The van der Waals surface area contributed by atoms with Crippen LogP contribution in [0.2, 0.25) is 0 Å².